The molecule has 0 spiro atoms. The number of carbonyl (C=O) groups is 1. The summed E-state index contributed by atoms with van der Waals surface area (Å²) in [5.41, 5.74) is -0.298. The molecule has 28 heavy (non-hydrogen) atoms. The Balaban J connectivity index is 1.76. The van der Waals surface area contributed by atoms with Crippen molar-refractivity contribution in [2.24, 2.45) is 0 Å². The van der Waals surface area contributed by atoms with Crippen molar-refractivity contribution < 1.29 is 13.9 Å². The predicted molar refractivity (Wildman–Crippen MR) is 99.8 cm³/mol. The van der Waals surface area contributed by atoms with Gasteiger partial charge in [-0.05, 0) is 19.9 Å². The van der Waals surface area contributed by atoms with Crippen LogP contribution in [0.15, 0.2) is 35.1 Å². The van der Waals surface area contributed by atoms with E-state index in [2.05, 4.69) is 20.4 Å². The summed E-state index contributed by atoms with van der Waals surface area (Å²) in [5.74, 6) is 0.144. The minimum Gasteiger partial charge on any atom is -0.481 e. The molecule has 3 heterocycles. The second-order valence-electron chi connectivity index (χ2n) is 7.04. The Labute approximate surface area is 159 Å². The predicted octanol–water partition coefficient (Wildman–Crippen LogP) is 2.06. The number of anilines is 1. The number of hydrogen-bond acceptors (Lipinski definition) is 5. The first kappa shape index (κ1) is 17.9. The van der Waals surface area contributed by atoms with Gasteiger partial charge in [0.15, 0.2) is 5.82 Å². The Kier molecular flexibility index (Phi) is 4.02. The van der Waals surface area contributed by atoms with Gasteiger partial charge in [0, 0.05) is 11.6 Å². The fourth-order valence-electron chi connectivity index (χ4n) is 3.22. The Hall–Kier alpha value is -3.49. The number of ether oxygens (including phenoxy) is 1. The highest BCUT2D eigenvalue weighted by atomic mass is 19.1. The second kappa shape index (κ2) is 6.29. The maximum atomic E-state index is 14.0. The summed E-state index contributed by atoms with van der Waals surface area (Å²) in [7, 11) is 1.47. The molecule has 0 atom stereocenters. The molecule has 9 heteroatoms. The van der Waals surface area contributed by atoms with E-state index >= 15 is 0 Å². The third-order valence-corrected chi connectivity index (χ3v) is 4.82. The summed E-state index contributed by atoms with van der Waals surface area (Å²) in [6.07, 6.45) is 0. The standard InChI is InChI=1S/C19H18FN5O3/c1-19(2)14-16(23-18(19)27)21-15(22-17(14)26)12-8-13(28-3)25(24-12)9-10-6-4-5-7-11(10)20/h4-8H,9H2,1-3H3,(H2,21,22,23,26,27). The number of methoxy groups -OCH3 is 1. The van der Waals surface area contributed by atoms with Crippen molar-refractivity contribution in [1.29, 1.82) is 0 Å². The van der Waals surface area contributed by atoms with Gasteiger partial charge in [-0.25, -0.2) is 14.1 Å². The molecule has 3 aromatic rings. The van der Waals surface area contributed by atoms with Gasteiger partial charge >= 0.3 is 0 Å². The first-order valence-corrected chi connectivity index (χ1v) is 8.63. The van der Waals surface area contributed by atoms with Crippen LogP contribution in [0.2, 0.25) is 0 Å². The quantitative estimate of drug-likeness (QED) is 0.718. The number of amides is 1. The largest absolute Gasteiger partial charge is 0.481 e. The Morgan fingerprint density at radius 3 is 2.71 bits per heavy atom. The molecule has 0 saturated carbocycles. The maximum Gasteiger partial charge on any atom is 0.257 e. The van der Waals surface area contributed by atoms with Crippen LogP contribution in [0.25, 0.3) is 11.5 Å². The van der Waals surface area contributed by atoms with Crippen LogP contribution in [0, 0.1) is 5.82 Å². The molecule has 8 nitrogen and oxygen atoms in total. The zero-order valence-electron chi connectivity index (χ0n) is 15.5. The van der Waals surface area contributed by atoms with Crippen molar-refractivity contribution in [3.8, 4) is 17.4 Å². The summed E-state index contributed by atoms with van der Waals surface area (Å²) in [6.45, 7) is 3.47. The van der Waals surface area contributed by atoms with Crippen LogP contribution in [0.1, 0.15) is 25.0 Å². The van der Waals surface area contributed by atoms with Crippen LogP contribution in [-0.4, -0.2) is 32.8 Å². The third-order valence-electron chi connectivity index (χ3n) is 4.82. The number of fused-ring (bicyclic) bond motifs is 1. The molecule has 0 saturated heterocycles. The van der Waals surface area contributed by atoms with Gasteiger partial charge in [0.25, 0.3) is 5.56 Å². The SMILES string of the molecule is COc1cc(-c2nc3c(c(=O)[nH]2)C(C)(C)C(=O)N3)nn1Cc1ccccc1F. The summed E-state index contributed by atoms with van der Waals surface area (Å²) in [6, 6.07) is 7.96. The van der Waals surface area contributed by atoms with Gasteiger partial charge in [0.05, 0.1) is 24.6 Å². The number of aromatic amines is 1. The number of hydrogen-bond donors (Lipinski definition) is 2. The van der Waals surface area contributed by atoms with Gasteiger partial charge in [-0.2, -0.15) is 5.10 Å². The topological polar surface area (TPSA) is 102 Å². The highest BCUT2D eigenvalue weighted by Gasteiger charge is 2.42. The fraction of sp³-hybridized carbons (Fsp3) is 0.263. The van der Waals surface area contributed by atoms with E-state index in [1.165, 1.54) is 17.9 Å². The number of carbonyl (C=O) groups excluding carboxylic acids is 1. The molecule has 0 aliphatic carbocycles. The maximum absolute atomic E-state index is 14.0. The molecule has 0 fully saturated rings. The van der Waals surface area contributed by atoms with Crippen LogP contribution in [0.3, 0.4) is 0 Å². The van der Waals surface area contributed by atoms with Crippen LogP contribution in [0.4, 0.5) is 10.2 Å². The molecule has 0 radical (unpaired) electrons. The van der Waals surface area contributed by atoms with E-state index in [4.69, 9.17) is 4.74 Å². The number of benzene rings is 1. The van der Waals surface area contributed by atoms with E-state index < -0.39 is 11.0 Å². The molecule has 1 aliphatic heterocycles. The molecule has 2 aromatic heterocycles. The number of nitrogens with zero attached hydrogens (tertiary/aromatic N) is 3. The molecule has 2 N–H and O–H groups in total. The Bertz CT molecular complexity index is 1150. The van der Waals surface area contributed by atoms with Gasteiger partial charge in [0.2, 0.25) is 11.8 Å². The number of halogens is 1. The van der Waals surface area contributed by atoms with E-state index in [-0.39, 0.29) is 29.9 Å². The third kappa shape index (κ3) is 2.75. The fourth-order valence-corrected chi connectivity index (χ4v) is 3.22. The van der Waals surface area contributed by atoms with E-state index in [9.17, 15) is 14.0 Å². The average Bonchev–Trinajstić information content (AvgIpc) is 3.15. The van der Waals surface area contributed by atoms with E-state index in [1.807, 2.05) is 0 Å². The summed E-state index contributed by atoms with van der Waals surface area (Å²) in [5, 5.41) is 7.03. The number of rotatable bonds is 4. The molecule has 1 aromatic carbocycles. The Morgan fingerprint density at radius 2 is 2.00 bits per heavy atom. The lowest BCUT2D eigenvalue weighted by atomic mass is 9.88. The van der Waals surface area contributed by atoms with Gasteiger partial charge in [-0.3, -0.25) is 9.59 Å². The van der Waals surface area contributed by atoms with Gasteiger partial charge in [-0.1, -0.05) is 18.2 Å². The molecule has 0 bridgehead atoms. The lowest BCUT2D eigenvalue weighted by Gasteiger charge is -2.13. The Morgan fingerprint density at radius 1 is 1.25 bits per heavy atom. The lowest BCUT2D eigenvalue weighted by molar-refractivity contribution is -0.119. The highest BCUT2D eigenvalue weighted by molar-refractivity contribution is 6.04. The summed E-state index contributed by atoms with van der Waals surface area (Å²) in [4.78, 5) is 31.7. The van der Waals surface area contributed by atoms with Gasteiger partial charge < -0.3 is 15.0 Å². The van der Waals surface area contributed by atoms with Crippen LogP contribution in [-0.2, 0) is 16.8 Å². The van der Waals surface area contributed by atoms with Crippen LogP contribution >= 0.6 is 0 Å². The normalized spacial score (nSPS) is 14.6. The number of aromatic nitrogens is 4. The molecule has 4 rings (SSSR count). The minimum absolute atomic E-state index is 0.148. The molecule has 144 valence electrons. The summed E-state index contributed by atoms with van der Waals surface area (Å²) < 4.78 is 20.8. The molecular weight excluding hydrogens is 365 g/mol. The van der Waals surface area contributed by atoms with E-state index in [1.54, 1.807) is 38.1 Å². The first-order valence-electron chi connectivity index (χ1n) is 8.63. The van der Waals surface area contributed by atoms with E-state index in [0.29, 0.717) is 22.7 Å². The van der Waals surface area contributed by atoms with Crippen molar-refractivity contribution in [2.75, 3.05) is 12.4 Å². The van der Waals surface area contributed by atoms with Gasteiger partial charge in [-0.15, -0.1) is 0 Å². The van der Waals surface area contributed by atoms with Crippen LogP contribution < -0.4 is 15.6 Å². The highest BCUT2D eigenvalue weighted by Crippen LogP contribution is 2.34. The molecule has 0 unspecified atom stereocenters. The second-order valence-corrected chi connectivity index (χ2v) is 7.04. The zero-order valence-corrected chi connectivity index (χ0v) is 15.5. The lowest BCUT2D eigenvalue weighted by Crippen LogP contribution is -2.31. The average molecular weight is 383 g/mol. The van der Waals surface area contributed by atoms with Crippen molar-refractivity contribution in [2.45, 2.75) is 25.8 Å². The minimum atomic E-state index is -0.962. The van der Waals surface area contributed by atoms with Crippen molar-refractivity contribution in [3.05, 3.63) is 57.6 Å². The van der Waals surface area contributed by atoms with Crippen molar-refractivity contribution in [1.82, 2.24) is 19.7 Å². The van der Waals surface area contributed by atoms with Crippen molar-refractivity contribution >= 4 is 11.7 Å². The van der Waals surface area contributed by atoms with Crippen molar-refractivity contribution in [3.63, 3.8) is 0 Å². The summed E-state index contributed by atoms with van der Waals surface area (Å²) >= 11 is 0. The molecule has 1 amide bonds. The monoisotopic (exact) mass is 383 g/mol. The smallest absolute Gasteiger partial charge is 0.257 e. The van der Waals surface area contributed by atoms with Crippen LogP contribution in [0.5, 0.6) is 5.88 Å². The first-order chi connectivity index (χ1) is 13.3. The zero-order chi connectivity index (χ0) is 20.1. The van der Waals surface area contributed by atoms with Gasteiger partial charge in [0.1, 0.15) is 17.3 Å². The molecule has 1 aliphatic rings. The number of H-pyrrole nitrogens is 1. The molecular formula is C19H18FN5O3. The van der Waals surface area contributed by atoms with E-state index in [0.717, 1.165) is 0 Å². The number of nitrogens with one attached hydrogen (secondary N) is 2.